The Morgan fingerprint density at radius 3 is 2.74 bits per heavy atom. The highest BCUT2D eigenvalue weighted by Gasteiger charge is 2.25. The number of nitrogens with zero attached hydrogens (tertiary/aromatic N) is 4. The van der Waals surface area contributed by atoms with Gasteiger partial charge in [0.2, 0.25) is 11.7 Å². The first-order valence-electron chi connectivity index (χ1n) is 8.92. The lowest BCUT2D eigenvalue weighted by Crippen LogP contribution is -2.23. The van der Waals surface area contributed by atoms with Gasteiger partial charge in [0.25, 0.3) is 0 Å². The molecule has 1 aromatic carbocycles. The molecule has 1 unspecified atom stereocenters. The van der Waals surface area contributed by atoms with E-state index in [0.29, 0.717) is 29.9 Å². The number of rotatable bonds is 6. The first-order valence-corrected chi connectivity index (χ1v) is 9.30. The van der Waals surface area contributed by atoms with Crippen LogP contribution in [-0.2, 0) is 17.9 Å². The molecule has 0 N–H and O–H groups in total. The molecule has 0 radical (unpaired) electrons. The highest BCUT2D eigenvalue weighted by atomic mass is 35.5. The quantitative estimate of drug-likeness (QED) is 0.635. The summed E-state index contributed by atoms with van der Waals surface area (Å²) in [5, 5.41) is 8.71. The summed E-state index contributed by atoms with van der Waals surface area (Å²) in [6.07, 6.45) is 1.15. The Morgan fingerprint density at radius 1 is 1.19 bits per heavy atom. The van der Waals surface area contributed by atoms with Gasteiger partial charge in [0.1, 0.15) is 5.76 Å². The lowest BCUT2D eigenvalue weighted by molar-refractivity contribution is 0.0446. The molecule has 3 aromatic rings. The smallest absolute Gasteiger partial charge is 0.241 e. The molecule has 0 aliphatic carbocycles. The summed E-state index contributed by atoms with van der Waals surface area (Å²) in [6.45, 7) is 6.76. The topological polar surface area (TPSA) is 77.4 Å². The van der Waals surface area contributed by atoms with E-state index in [2.05, 4.69) is 20.2 Å². The number of likely N-dealkylation sites (tertiary alicyclic amines) is 1. The first kappa shape index (κ1) is 18.2. The fourth-order valence-corrected chi connectivity index (χ4v) is 3.34. The van der Waals surface area contributed by atoms with Crippen LogP contribution in [0.3, 0.4) is 0 Å². The summed E-state index contributed by atoms with van der Waals surface area (Å²) in [6, 6.07) is 7.39. The van der Waals surface area contributed by atoms with E-state index in [9.17, 15) is 0 Å². The van der Waals surface area contributed by atoms with Crippen molar-refractivity contribution in [2.75, 3.05) is 13.1 Å². The SMILES string of the molecule is Cc1noc(C)c1COC1CCN(Cc2nc(-c3ccc(Cl)cc3)no2)C1. The number of aryl methyl sites for hydroxylation is 2. The fourth-order valence-electron chi connectivity index (χ4n) is 3.21. The summed E-state index contributed by atoms with van der Waals surface area (Å²) in [5.74, 6) is 2.00. The van der Waals surface area contributed by atoms with Gasteiger partial charge in [-0.1, -0.05) is 21.9 Å². The molecule has 1 aliphatic heterocycles. The monoisotopic (exact) mass is 388 g/mol. The van der Waals surface area contributed by atoms with E-state index >= 15 is 0 Å². The van der Waals surface area contributed by atoms with E-state index in [0.717, 1.165) is 42.1 Å². The molecule has 0 bridgehead atoms. The van der Waals surface area contributed by atoms with Gasteiger partial charge in [-0.3, -0.25) is 4.90 Å². The molecule has 1 saturated heterocycles. The van der Waals surface area contributed by atoms with Crippen molar-refractivity contribution in [1.82, 2.24) is 20.2 Å². The summed E-state index contributed by atoms with van der Waals surface area (Å²) >= 11 is 5.92. The van der Waals surface area contributed by atoms with Crippen LogP contribution in [0.15, 0.2) is 33.3 Å². The van der Waals surface area contributed by atoms with Crippen LogP contribution in [-0.4, -0.2) is 39.4 Å². The molecular formula is C19H21ClN4O3. The molecule has 27 heavy (non-hydrogen) atoms. The van der Waals surface area contributed by atoms with Crippen LogP contribution in [0.1, 0.15) is 29.3 Å². The molecule has 7 nitrogen and oxygen atoms in total. The Balaban J connectivity index is 1.30. The molecule has 142 valence electrons. The highest BCUT2D eigenvalue weighted by molar-refractivity contribution is 6.30. The molecule has 0 saturated carbocycles. The predicted octanol–water partition coefficient (Wildman–Crippen LogP) is 3.79. The van der Waals surface area contributed by atoms with Crippen LogP contribution in [0.5, 0.6) is 0 Å². The molecule has 1 atom stereocenters. The van der Waals surface area contributed by atoms with Crippen LogP contribution in [0, 0.1) is 13.8 Å². The standard InChI is InChI=1S/C19H21ClN4O3/c1-12-17(13(2)26-22-12)11-25-16-7-8-24(9-16)10-18-21-19(23-27-18)14-3-5-15(20)6-4-14/h3-6,16H,7-11H2,1-2H3. The average Bonchev–Trinajstić information content (AvgIpc) is 3.37. The van der Waals surface area contributed by atoms with Crippen LogP contribution >= 0.6 is 11.6 Å². The zero-order chi connectivity index (χ0) is 18.8. The van der Waals surface area contributed by atoms with Gasteiger partial charge < -0.3 is 13.8 Å². The van der Waals surface area contributed by atoms with Gasteiger partial charge in [-0.05, 0) is 44.5 Å². The van der Waals surface area contributed by atoms with E-state index in [1.807, 2.05) is 38.1 Å². The van der Waals surface area contributed by atoms with E-state index in [-0.39, 0.29) is 6.10 Å². The molecule has 3 heterocycles. The van der Waals surface area contributed by atoms with Gasteiger partial charge in [0.05, 0.1) is 24.9 Å². The van der Waals surface area contributed by atoms with Crippen LogP contribution in [0.25, 0.3) is 11.4 Å². The van der Waals surface area contributed by atoms with E-state index < -0.39 is 0 Å². The maximum atomic E-state index is 6.04. The molecule has 4 rings (SSSR count). The largest absolute Gasteiger partial charge is 0.372 e. The first-order chi connectivity index (χ1) is 13.1. The zero-order valence-electron chi connectivity index (χ0n) is 15.3. The number of benzene rings is 1. The Labute approximate surface area is 162 Å². The summed E-state index contributed by atoms with van der Waals surface area (Å²) in [7, 11) is 0. The van der Waals surface area contributed by atoms with Crippen LogP contribution < -0.4 is 0 Å². The predicted molar refractivity (Wildman–Crippen MR) is 99.2 cm³/mol. The maximum absolute atomic E-state index is 6.04. The number of ether oxygens (including phenoxy) is 1. The normalized spacial score (nSPS) is 17.7. The third-order valence-corrected chi connectivity index (χ3v) is 5.06. The van der Waals surface area contributed by atoms with Gasteiger partial charge in [-0.25, -0.2) is 0 Å². The Kier molecular flexibility index (Phi) is 5.24. The highest BCUT2D eigenvalue weighted by Crippen LogP contribution is 2.22. The van der Waals surface area contributed by atoms with Crippen molar-refractivity contribution >= 4 is 11.6 Å². The van der Waals surface area contributed by atoms with Crippen molar-refractivity contribution in [3.63, 3.8) is 0 Å². The minimum absolute atomic E-state index is 0.178. The molecular weight excluding hydrogens is 368 g/mol. The fraction of sp³-hybridized carbons (Fsp3) is 0.421. The number of halogens is 1. The lowest BCUT2D eigenvalue weighted by Gasteiger charge is -2.14. The third kappa shape index (κ3) is 4.21. The Bertz CT molecular complexity index is 887. The minimum Gasteiger partial charge on any atom is -0.372 e. The maximum Gasteiger partial charge on any atom is 0.241 e. The molecule has 0 spiro atoms. The van der Waals surface area contributed by atoms with Crippen molar-refractivity contribution < 1.29 is 13.8 Å². The van der Waals surface area contributed by atoms with E-state index in [4.69, 9.17) is 25.4 Å². The van der Waals surface area contributed by atoms with Crippen molar-refractivity contribution in [3.8, 4) is 11.4 Å². The van der Waals surface area contributed by atoms with Gasteiger partial charge in [-0.15, -0.1) is 0 Å². The van der Waals surface area contributed by atoms with E-state index in [1.165, 1.54) is 0 Å². The number of hydrogen-bond acceptors (Lipinski definition) is 7. The second-order valence-corrected chi connectivity index (χ2v) is 7.21. The van der Waals surface area contributed by atoms with Crippen molar-refractivity contribution in [2.24, 2.45) is 0 Å². The van der Waals surface area contributed by atoms with Gasteiger partial charge in [0, 0.05) is 29.2 Å². The Hall–Kier alpha value is -2.22. The zero-order valence-corrected chi connectivity index (χ0v) is 16.1. The molecule has 8 heteroatoms. The van der Waals surface area contributed by atoms with Gasteiger partial charge in [0.15, 0.2) is 0 Å². The second-order valence-electron chi connectivity index (χ2n) is 6.78. The molecule has 1 aliphatic rings. The molecule has 1 fully saturated rings. The van der Waals surface area contributed by atoms with Crippen LogP contribution in [0.2, 0.25) is 5.02 Å². The Morgan fingerprint density at radius 2 is 2.00 bits per heavy atom. The van der Waals surface area contributed by atoms with E-state index in [1.54, 1.807) is 0 Å². The second kappa shape index (κ2) is 7.80. The average molecular weight is 389 g/mol. The third-order valence-electron chi connectivity index (χ3n) is 4.80. The summed E-state index contributed by atoms with van der Waals surface area (Å²) in [5.41, 5.74) is 2.82. The van der Waals surface area contributed by atoms with Gasteiger partial charge >= 0.3 is 0 Å². The lowest BCUT2D eigenvalue weighted by atomic mass is 10.2. The molecule has 0 amide bonds. The molecule has 2 aromatic heterocycles. The number of hydrogen-bond donors (Lipinski definition) is 0. The van der Waals surface area contributed by atoms with Crippen molar-refractivity contribution in [3.05, 3.63) is 52.2 Å². The minimum atomic E-state index is 0.178. The van der Waals surface area contributed by atoms with Crippen LogP contribution in [0.4, 0.5) is 0 Å². The van der Waals surface area contributed by atoms with Gasteiger partial charge in [-0.2, -0.15) is 4.98 Å². The number of aromatic nitrogens is 3. The van der Waals surface area contributed by atoms with Crippen molar-refractivity contribution in [2.45, 2.75) is 39.5 Å². The van der Waals surface area contributed by atoms with Crippen molar-refractivity contribution in [1.29, 1.82) is 0 Å². The summed E-state index contributed by atoms with van der Waals surface area (Å²) in [4.78, 5) is 6.75. The summed E-state index contributed by atoms with van der Waals surface area (Å²) < 4.78 is 16.6.